The van der Waals surface area contributed by atoms with Crippen LogP contribution in [0.4, 0.5) is 0 Å². The van der Waals surface area contributed by atoms with E-state index in [9.17, 15) is 0 Å². The first kappa shape index (κ1) is 10.4. The van der Waals surface area contributed by atoms with Crippen molar-refractivity contribution in [2.45, 2.75) is 33.2 Å². The first-order valence-corrected chi connectivity index (χ1v) is 4.24. The zero-order chi connectivity index (χ0) is 8.69. The van der Waals surface area contributed by atoms with Crippen molar-refractivity contribution >= 4 is 0 Å². The zero-order valence-corrected chi connectivity index (χ0v) is 7.85. The van der Waals surface area contributed by atoms with Gasteiger partial charge in [-0.1, -0.05) is 25.7 Å². The van der Waals surface area contributed by atoms with Crippen molar-refractivity contribution in [3.8, 4) is 0 Å². The molecule has 0 aromatic carbocycles. The number of hydrogen-bond donors (Lipinski definition) is 1. The van der Waals surface area contributed by atoms with Gasteiger partial charge in [-0.15, -0.1) is 0 Å². The normalized spacial score (nSPS) is 13.7. The van der Waals surface area contributed by atoms with Crippen molar-refractivity contribution in [3.05, 3.63) is 24.3 Å². The van der Waals surface area contributed by atoms with Crippen molar-refractivity contribution in [1.29, 1.82) is 0 Å². The maximum Gasteiger partial charge on any atom is 0.0201 e. The first-order valence-electron chi connectivity index (χ1n) is 4.24. The van der Waals surface area contributed by atoms with Gasteiger partial charge in [-0.05, 0) is 25.8 Å². The highest BCUT2D eigenvalue weighted by Gasteiger charge is 1.95. The van der Waals surface area contributed by atoms with Crippen molar-refractivity contribution in [3.63, 3.8) is 0 Å². The molecule has 0 rings (SSSR count). The summed E-state index contributed by atoms with van der Waals surface area (Å²) in [6.07, 6.45) is 5.22. The van der Waals surface area contributed by atoms with E-state index < -0.39 is 0 Å². The van der Waals surface area contributed by atoms with Crippen LogP contribution in [0.1, 0.15) is 27.2 Å². The molecule has 0 spiro atoms. The maximum atomic E-state index is 3.90. The highest BCUT2D eigenvalue weighted by atomic mass is 14.9. The van der Waals surface area contributed by atoms with Gasteiger partial charge in [0.25, 0.3) is 0 Å². The number of nitrogens with one attached hydrogen (secondary N) is 1. The van der Waals surface area contributed by atoms with Crippen LogP contribution < -0.4 is 5.32 Å². The highest BCUT2D eigenvalue weighted by Crippen LogP contribution is 1.93. The predicted molar refractivity (Wildman–Crippen MR) is 51.7 cm³/mol. The quantitative estimate of drug-likeness (QED) is 0.598. The molecule has 0 fully saturated rings. The van der Waals surface area contributed by atoms with Gasteiger partial charge >= 0.3 is 0 Å². The second kappa shape index (κ2) is 6.17. The molecule has 0 bridgehead atoms. The molecule has 11 heavy (non-hydrogen) atoms. The molecule has 0 saturated heterocycles. The smallest absolute Gasteiger partial charge is 0.0201 e. The fourth-order valence-corrected chi connectivity index (χ4v) is 0.744. The third kappa shape index (κ3) is 5.86. The van der Waals surface area contributed by atoms with E-state index in [2.05, 4.69) is 25.7 Å². The Labute approximate surface area is 70.2 Å². The van der Waals surface area contributed by atoms with Gasteiger partial charge in [-0.2, -0.15) is 0 Å². The fourth-order valence-electron chi connectivity index (χ4n) is 0.744. The van der Waals surface area contributed by atoms with Crippen LogP contribution in [0.5, 0.6) is 0 Å². The summed E-state index contributed by atoms with van der Waals surface area (Å²) in [6, 6.07) is 0.594. The molecule has 0 amide bonds. The van der Waals surface area contributed by atoms with E-state index >= 15 is 0 Å². The lowest BCUT2D eigenvalue weighted by Crippen LogP contribution is -2.26. The molecular weight excluding hydrogens is 134 g/mol. The fraction of sp³-hybridized carbons (Fsp3) is 0.600. The molecule has 1 N–H and O–H groups in total. The van der Waals surface area contributed by atoms with Crippen LogP contribution in [-0.2, 0) is 0 Å². The monoisotopic (exact) mass is 153 g/mol. The predicted octanol–water partition coefficient (Wildman–Crippen LogP) is 2.51. The lowest BCUT2D eigenvalue weighted by molar-refractivity contribution is 0.563. The maximum absolute atomic E-state index is 3.90. The molecule has 1 atom stereocenters. The lowest BCUT2D eigenvalue weighted by atomic mass is 10.2. The second-order valence-electron chi connectivity index (χ2n) is 2.85. The summed E-state index contributed by atoms with van der Waals surface area (Å²) in [5.74, 6) is 0. The minimum absolute atomic E-state index is 0.594. The Kier molecular flexibility index (Phi) is 5.86. The van der Waals surface area contributed by atoms with E-state index in [4.69, 9.17) is 0 Å². The minimum atomic E-state index is 0.594. The van der Waals surface area contributed by atoms with Crippen molar-refractivity contribution in [2.24, 2.45) is 0 Å². The van der Waals surface area contributed by atoms with E-state index in [1.54, 1.807) is 0 Å². The Morgan fingerprint density at radius 2 is 2.27 bits per heavy atom. The molecular formula is C10H19N. The van der Waals surface area contributed by atoms with Crippen LogP contribution in [0.3, 0.4) is 0 Å². The second-order valence-corrected chi connectivity index (χ2v) is 2.85. The summed E-state index contributed by atoms with van der Waals surface area (Å²) < 4.78 is 0. The van der Waals surface area contributed by atoms with E-state index in [-0.39, 0.29) is 0 Å². The third-order valence-electron chi connectivity index (χ3n) is 1.69. The Morgan fingerprint density at radius 3 is 2.73 bits per heavy atom. The standard InChI is InChI=1S/C10H19N/c1-5-7-9(3)8-11-10(4)6-2/h5,7,10-11H,3,6,8H2,1-2,4H3/b7-5-. The molecule has 64 valence electrons. The highest BCUT2D eigenvalue weighted by molar-refractivity contribution is 5.15. The summed E-state index contributed by atoms with van der Waals surface area (Å²) in [4.78, 5) is 0. The molecule has 0 aliphatic rings. The van der Waals surface area contributed by atoms with Gasteiger partial charge in [0.15, 0.2) is 0 Å². The van der Waals surface area contributed by atoms with Crippen molar-refractivity contribution < 1.29 is 0 Å². The molecule has 0 aromatic rings. The molecule has 0 heterocycles. The van der Waals surface area contributed by atoms with Crippen LogP contribution in [0.15, 0.2) is 24.3 Å². The van der Waals surface area contributed by atoms with Gasteiger partial charge in [0.1, 0.15) is 0 Å². The van der Waals surface area contributed by atoms with Crippen molar-refractivity contribution in [2.75, 3.05) is 6.54 Å². The Balaban J connectivity index is 3.45. The van der Waals surface area contributed by atoms with Crippen LogP contribution in [-0.4, -0.2) is 12.6 Å². The van der Waals surface area contributed by atoms with Gasteiger partial charge in [0.05, 0.1) is 0 Å². The summed E-state index contributed by atoms with van der Waals surface area (Å²) in [6.45, 7) is 11.2. The first-order chi connectivity index (χ1) is 5.20. The van der Waals surface area contributed by atoms with Crippen molar-refractivity contribution in [1.82, 2.24) is 5.32 Å². The topological polar surface area (TPSA) is 12.0 Å². The van der Waals surface area contributed by atoms with Crippen LogP contribution >= 0.6 is 0 Å². The summed E-state index contributed by atoms with van der Waals surface area (Å²) in [5.41, 5.74) is 1.15. The summed E-state index contributed by atoms with van der Waals surface area (Å²) in [7, 11) is 0. The minimum Gasteiger partial charge on any atom is -0.310 e. The molecule has 1 unspecified atom stereocenters. The van der Waals surface area contributed by atoms with Gasteiger partial charge in [0, 0.05) is 12.6 Å². The van der Waals surface area contributed by atoms with Crippen LogP contribution in [0.25, 0.3) is 0 Å². The van der Waals surface area contributed by atoms with Crippen LogP contribution in [0, 0.1) is 0 Å². The molecule has 0 aliphatic heterocycles. The Hall–Kier alpha value is -0.560. The van der Waals surface area contributed by atoms with E-state index in [1.165, 1.54) is 6.42 Å². The van der Waals surface area contributed by atoms with Gasteiger partial charge in [0.2, 0.25) is 0 Å². The summed E-state index contributed by atoms with van der Waals surface area (Å²) >= 11 is 0. The van der Waals surface area contributed by atoms with E-state index in [0.29, 0.717) is 6.04 Å². The molecule has 0 radical (unpaired) electrons. The molecule has 1 nitrogen and oxygen atoms in total. The van der Waals surface area contributed by atoms with Gasteiger partial charge in [-0.25, -0.2) is 0 Å². The number of rotatable bonds is 5. The van der Waals surface area contributed by atoms with E-state index in [1.807, 2.05) is 19.1 Å². The largest absolute Gasteiger partial charge is 0.310 e. The average molecular weight is 153 g/mol. The van der Waals surface area contributed by atoms with E-state index in [0.717, 1.165) is 12.1 Å². The lowest BCUT2D eigenvalue weighted by Gasteiger charge is -2.10. The average Bonchev–Trinajstić information content (AvgIpc) is 2.01. The SMILES string of the molecule is C=C(/C=C\C)CNC(C)CC. The van der Waals surface area contributed by atoms with Gasteiger partial charge < -0.3 is 5.32 Å². The molecule has 0 aromatic heterocycles. The number of allylic oxidation sites excluding steroid dienone is 1. The Bertz CT molecular complexity index is 136. The molecule has 0 aliphatic carbocycles. The zero-order valence-electron chi connectivity index (χ0n) is 7.85. The third-order valence-corrected chi connectivity index (χ3v) is 1.69. The van der Waals surface area contributed by atoms with Gasteiger partial charge in [-0.3, -0.25) is 0 Å². The van der Waals surface area contributed by atoms with Crippen LogP contribution in [0.2, 0.25) is 0 Å². The number of hydrogen-bond acceptors (Lipinski definition) is 1. The molecule has 0 saturated carbocycles. The summed E-state index contributed by atoms with van der Waals surface area (Å²) in [5, 5.41) is 3.37. The Morgan fingerprint density at radius 1 is 1.64 bits per heavy atom. The molecule has 1 heteroatoms.